The molecule has 0 saturated heterocycles. The summed E-state index contributed by atoms with van der Waals surface area (Å²) >= 11 is 0. The van der Waals surface area contributed by atoms with Crippen LogP contribution in [0.1, 0.15) is 26.0 Å². The zero-order valence-electron chi connectivity index (χ0n) is 8.91. The van der Waals surface area contributed by atoms with Crippen molar-refractivity contribution in [1.82, 2.24) is 9.78 Å². The Morgan fingerprint density at radius 2 is 2.29 bits per heavy atom. The molecule has 1 rings (SSSR count). The quantitative estimate of drug-likeness (QED) is 0.792. The van der Waals surface area contributed by atoms with E-state index >= 15 is 0 Å². The molecule has 0 atom stereocenters. The molecular formula is C10H16N4. The third-order valence-corrected chi connectivity index (χ3v) is 2.39. The lowest BCUT2D eigenvalue weighted by atomic mass is 9.91. The molecule has 1 heterocycles. The number of hydrogen-bond acceptors (Lipinski definition) is 3. The predicted octanol–water partition coefficient (Wildman–Crippen LogP) is 1.71. The average Bonchev–Trinajstić information content (AvgIpc) is 2.45. The van der Waals surface area contributed by atoms with Gasteiger partial charge in [-0.15, -0.1) is 0 Å². The Morgan fingerprint density at radius 3 is 2.71 bits per heavy atom. The zero-order valence-corrected chi connectivity index (χ0v) is 8.91. The van der Waals surface area contributed by atoms with Gasteiger partial charge in [-0.1, -0.05) is 0 Å². The van der Waals surface area contributed by atoms with Crippen LogP contribution < -0.4 is 5.73 Å². The molecule has 4 heteroatoms. The van der Waals surface area contributed by atoms with E-state index in [0.29, 0.717) is 5.69 Å². The molecule has 0 bridgehead atoms. The highest BCUT2D eigenvalue weighted by molar-refractivity contribution is 5.39. The van der Waals surface area contributed by atoms with Gasteiger partial charge in [0.1, 0.15) is 0 Å². The number of nitrogen functional groups attached to an aromatic ring is 1. The molecule has 4 nitrogen and oxygen atoms in total. The van der Waals surface area contributed by atoms with Crippen LogP contribution in [0.25, 0.3) is 0 Å². The number of anilines is 1. The van der Waals surface area contributed by atoms with E-state index in [0.717, 1.165) is 18.7 Å². The smallest absolute Gasteiger partial charge is 0.0730 e. The first kappa shape index (κ1) is 10.6. The van der Waals surface area contributed by atoms with Gasteiger partial charge in [-0.3, -0.25) is 4.68 Å². The molecule has 0 aliphatic rings. The van der Waals surface area contributed by atoms with Gasteiger partial charge in [-0.25, -0.2) is 0 Å². The minimum atomic E-state index is -0.298. The van der Waals surface area contributed by atoms with E-state index in [9.17, 15) is 0 Å². The number of aryl methyl sites for hydroxylation is 1. The number of rotatable bonds is 3. The Labute approximate surface area is 84.3 Å². The Kier molecular flexibility index (Phi) is 2.80. The summed E-state index contributed by atoms with van der Waals surface area (Å²) in [5, 5.41) is 13.0. The van der Waals surface area contributed by atoms with Crippen molar-refractivity contribution < 1.29 is 0 Å². The van der Waals surface area contributed by atoms with Gasteiger partial charge >= 0.3 is 0 Å². The Hall–Kier alpha value is -1.50. The van der Waals surface area contributed by atoms with E-state index in [-0.39, 0.29) is 5.41 Å². The van der Waals surface area contributed by atoms with Crippen LogP contribution in [0.3, 0.4) is 0 Å². The largest absolute Gasteiger partial charge is 0.396 e. The van der Waals surface area contributed by atoms with Crippen LogP contribution in [0.2, 0.25) is 0 Å². The van der Waals surface area contributed by atoms with Gasteiger partial charge in [0.25, 0.3) is 0 Å². The van der Waals surface area contributed by atoms with Crippen molar-refractivity contribution >= 4 is 5.69 Å². The molecule has 0 saturated carbocycles. The highest BCUT2D eigenvalue weighted by Gasteiger charge is 2.17. The number of nitrogens with two attached hydrogens (primary N) is 1. The summed E-state index contributed by atoms with van der Waals surface area (Å²) in [6.45, 7) is 6.52. The third-order valence-electron chi connectivity index (χ3n) is 2.39. The molecule has 0 fully saturated rings. The topological polar surface area (TPSA) is 67.6 Å². The summed E-state index contributed by atoms with van der Waals surface area (Å²) in [6, 6.07) is 2.27. The standard InChI is InChI=1S/C10H16N4/c1-8-9(12)6-13-14(8)5-4-10(2,3)7-11/h6H,4-5,12H2,1-3H3. The fraction of sp³-hybridized carbons (Fsp3) is 0.600. The molecule has 2 N–H and O–H groups in total. The summed E-state index contributed by atoms with van der Waals surface area (Å²) in [6.07, 6.45) is 2.43. The van der Waals surface area contributed by atoms with Crippen LogP contribution in [-0.4, -0.2) is 9.78 Å². The molecule has 0 spiro atoms. The second kappa shape index (κ2) is 3.70. The van der Waals surface area contributed by atoms with Gasteiger partial charge in [0.05, 0.1) is 29.1 Å². The van der Waals surface area contributed by atoms with Crippen LogP contribution >= 0.6 is 0 Å². The Bertz CT molecular complexity index is 357. The SMILES string of the molecule is Cc1c(N)cnn1CCC(C)(C)C#N. The molecule has 1 aromatic rings. The van der Waals surface area contributed by atoms with E-state index in [4.69, 9.17) is 11.0 Å². The first-order valence-electron chi connectivity index (χ1n) is 4.65. The van der Waals surface area contributed by atoms with Gasteiger partial charge in [0.15, 0.2) is 0 Å². The van der Waals surface area contributed by atoms with Crippen molar-refractivity contribution in [2.24, 2.45) is 5.41 Å². The lowest BCUT2D eigenvalue weighted by molar-refractivity contribution is 0.396. The number of hydrogen-bond donors (Lipinski definition) is 1. The lowest BCUT2D eigenvalue weighted by Crippen LogP contribution is -2.13. The molecule has 14 heavy (non-hydrogen) atoms. The highest BCUT2D eigenvalue weighted by atomic mass is 15.3. The molecule has 1 aromatic heterocycles. The summed E-state index contributed by atoms with van der Waals surface area (Å²) in [5.41, 5.74) is 7.04. The number of nitriles is 1. The van der Waals surface area contributed by atoms with Crippen molar-refractivity contribution in [3.8, 4) is 6.07 Å². The fourth-order valence-corrected chi connectivity index (χ4v) is 1.13. The molecule has 76 valence electrons. The minimum Gasteiger partial charge on any atom is -0.396 e. The molecule has 0 aliphatic heterocycles. The van der Waals surface area contributed by atoms with Crippen LogP contribution in [-0.2, 0) is 6.54 Å². The van der Waals surface area contributed by atoms with Gasteiger partial charge < -0.3 is 5.73 Å². The summed E-state index contributed by atoms with van der Waals surface area (Å²) < 4.78 is 1.84. The van der Waals surface area contributed by atoms with E-state index in [1.807, 2.05) is 25.5 Å². The van der Waals surface area contributed by atoms with E-state index in [2.05, 4.69) is 11.2 Å². The molecule has 0 radical (unpaired) electrons. The van der Waals surface area contributed by atoms with E-state index in [1.54, 1.807) is 6.20 Å². The molecule has 0 unspecified atom stereocenters. The van der Waals surface area contributed by atoms with Gasteiger partial charge in [0.2, 0.25) is 0 Å². The van der Waals surface area contributed by atoms with E-state index in [1.165, 1.54) is 0 Å². The summed E-state index contributed by atoms with van der Waals surface area (Å²) in [5.74, 6) is 0. The van der Waals surface area contributed by atoms with Crippen molar-refractivity contribution in [2.75, 3.05) is 5.73 Å². The zero-order chi connectivity index (χ0) is 10.8. The maximum Gasteiger partial charge on any atom is 0.0730 e. The van der Waals surface area contributed by atoms with Crippen LogP contribution in [0.15, 0.2) is 6.20 Å². The van der Waals surface area contributed by atoms with Gasteiger partial charge in [0, 0.05) is 6.54 Å². The van der Waals surface area contributed by atoms with Crippen molar-refractivity contribution in [2.45, 2.75) is 33.7 Å². The van der Waals surface area contributed by atoms with Crippen LogP contribution in [0, 0.1) is 23.7 Å². The van der Waals surface area contributed by atoms with Crippen molar-refractivity contribution in [1.29, 1.82) is 5.26 Å². The number of aromatic nitrogens is 2. The maximum absolute atomic E-state index is 8.84. The third kappa shape index (κ3) is 2.25. The first-order chi connectivity index (χ1) is 6.46. The highest BCUT2D eigenvalue weighted by Crippen LogP contribution is 2.20. The van der Waals surface area contributed by atoms with Gasteiger partial charge in [-0.05, 0) is 27.2 Å². The summed E-state index contributed by atoms with van der Waals surface area (Å²) in [7, 11) is 0. The van der Waals surface area contributed by atoms with Crippen LogP contribution in [0.4, 0.5) is 5.69 Å². The maximum atomic E-state index is 8.84. The Balaban J connectivity index is 2.64. The number of nitrogens with zero attached hydrogens (tertiary/aromatic N) is 3. The minimum absolute atomic E-state index is 0.298. The predicted molar refractivity (Wildman–Crippen MR) is 55.4 cm³/mol. The molecule has 0 aliphatic carbocycles. The normalized spacial score (nSPS) is 11.3. The fourth-order valence-electron chi connectivity index (χ4n) is 1.13. The monoisotopic (exact) mass is 192 g/mol. The average molecular weight is 192 g/mol. The van der Waals surface area contributed by atoms with E-state index < -0.39 is 0 Å². The Morgan fingerprint density at radius 1 is 1.64 bits per heavy atom. The molecule has 0 aromatic carbocycles. The first-order valence-corrected chi connectivity index (χ1v) is 4.65. The van der Waals surface area contributed by atoms with Crippen molar-refractivity contribution in [3.63, 3.8) is 0 Å². The summed E-state index contributed by atoms with van der Waals surface area (Å²) in [4.78, 5) is 0. The van der Waals surface area contributed by atoms with Crippen molar-refractivity contribution in [3.05, 3.63) is 11.9 Å². The second-order valence-corrected chi connectivity index (χ2v) is 4.15. The van der Waals surface area contributed by atoms with Crippen LogP contribution in [0.5, 0.6) is 0 Å². The lowest BCUT2D eigenvalue weighted by Gasteiger charge is -2.15. The molecular weight excluding hydrogens is 176 g/mol. The second-order valence-electron chi connectivity index (χ2n) is 4.15. The van der Waals surface area contributed by atoms with Gasteiger partial charge in [-0.2, -0.15) is 10.4 Å². The molecule has 0 amide bonds.